The number of carbonyl (C=O) groups is 2. The van der Waals surface area contributed by atoms with Gasteiger partial charge in [0.1, 0.15) is 6.54 Å². The second-order valence-corrected chi connectivity index (χ2v) is 5.27. The van der Waals surface area contributed by atoms with Crippen LogP contribution in [0.3, 0.4) is 0 Å². The summed E-state index contributed by atoms with van der Waals surface area (Å²) in [5.41, 5.74) is 1.39. The zero-order chi connectivity index (χ0) is 14.2. The normalized spacial score (nSPS) is 14.7. The molecule has 0 unspecified atom stereocenters. The van der Waals surface area contributed by atoms with Crippen molar-refractivity contribution < 1.29 is 14.7 Å². The summed E-state index contributed by atoms with van der Waals surface area (Å²) in [4.78, 5) is 24.5. The highest BCUT2D eigenvalue weighted by Crippen LogP contribution is 2.40. The molecule has 0 saturated heterocycles. The number of carboxylic acid groups (broad SMARTS) is 1. The van der Waals surface area contributed by atoms with Gasteiger partial charge in [-0.3, -0.25) is 14.3 Å². The minimum atomic E-state index is -1.01. The number of aliphatic carboxylic acids is 1. The SMILES string of the molecule is CC(C)N(CC(=O)O)C(=O)c1cc(C2CC2)n(C)n1. The minimum Gasteiger partial charge on any atom is -0.480 e. The maximum Gasteiger partial charge on any atom is 0.323 e. The largest absolute Gasteiger partial charge is 0.480 e. The molecule has 0 bridgehead atoms. The van der Waals surface area contributed by atoms with E-state index in [1.54, 1.807) is 24.6 Å². The van der Waals surface area contributed by atoms with Crippen molar-refractivity contribution in [3.8, 4) is 0 Å². The van der Waals surface area contributed by atoms with Crippen LogP contribution in [0.25, 0.3) is 0 Å². The van der Waals surface area contributed by atoms with E-state index in [1.807, 2.05) is 7.05 Å². The van der Waals surface area contributed by atoms with Crippen LogP contribution in [-0.4, -0.2) is 44.3 Å². The first kappa shape index (κ1) is 13.6. The molecule has 6 nitrogen and oxygen atoms in total. The first-order valence-electron chi connectivity index (χ1n) is 6.47. The van der Waals surface area contributed by atoms with Crippen molar-refractivity contribution >= 4 is 11.9 Å². The predicted molar refractivity (Wildman–Crippen MR) is 69.0 cm³/mol. The molecule has 0 radical (unpaired) electrons. The molecule has 1 amide bonds. The molecule has 0 aromatic carbocycles. The Hall–Kier alpha value is -1.85. The number of rotatable bonds is 5. The Kier molecular flexibility index (Phi) is 3.59. The molecule has 1 aromatic heterocycles. The maximum atomic E-state index is 12.3. The molecule has 0 spiro atoms. The number of hydrogen-bond acceptors (Lipinski definition) is 3. The highest BCUT2D eigenvalue weighted by Gasteiger charge is 2.30. The summed E-state index contributed by atoms with van der Waals surface area (Å²) in [7, 11) is 1.82. The minimum absolute atomic E-state index is 0.171. The van der Waals surface area contributed by atoms with E-state index in [1.165, 1.54) is 4.90 Å². The Bertz CT molecular complexity index is 503. The highest BCUT2D eigenvalue weighted by molar-refractivity contribution is 5.94. The van der Waals surface area contributed by atoms with E-state index in [0.717, 1.165) is 18.5 Å². The third-order valence-electron chi connectivity index (χ3n) is 3.32. The maximum absolute atomic E-state index is 12.3. The molecule has 1 fully saturated rings. The smallest absolute Gasteiger partial charge is 0.323 e. The van der Waals surface area contributed by atoms with E-state index in [2.05, 4.69) is 5.10 Å². The van der Waals surface area contributed by atoms with Gasteiger partial charge in [-0.05, 0) is 32.8 Å². The number of hydrogen-bond donors (Lipinski definition) is 1. The summed E-state index contributed by atoms with van der Waals surface area (Å²) in [6.07, 6.45) is 2.27. The molecule has 6 heteroatoms. The fourth-order valence-corrected chi connectivity index (χ4v) is 2.13. The third-order valence-corrected chi connectivity index (χ3v) is 3.32. The van der Waals surface area contributed by atoms with Gasteiger partial charge >= 0.3 is 5.97 Å². The third kappa shape index (κ3) is 2.94. The van der Waals surface area contributed by atoms with Crippen LogP contribution in [0.1, 0.15) is 48.8 Å². The Morgan fingerprint density at radius 2 is 2.16 bits per heavy atom. The predicted octanol–water partition coefficient (Wildman–Crippen LogP) is 1.23. The monoisotopic (exact) mass is 265 g/mol. The molecule has 1 saturated carbocycles. The lowest BCUT2D eigenvalue weighted by Crippen LogP contribution is -2.40. The first-order valence-corrected chi connectivity index (χ1v) is 6.47. The van der Waals surface area contributed by atoms with Crippen molar-refractivity contribution in [1.29, 1.82) is 0 Å². The topological polar surface area (TPSA) is 75.4 Å². The highest BCUT2D eigenvalue weighted by atomic mass is 16.4. The zero-order valence-corrected chi connectivity index (χ0v) is 11.5. The molecule has 1 heterocycles. The molecule has 1 aliphatic rings. The van der Waals surface area contributed by atoms with Gasteiger partial charge in [0.2, 0.25) is 0 Å². The number of carboxylic acids is 1. The summed E-state index contributed by atoms with van der Waals surface area (Å²) in [6, 6.07) is 1.62. The Morgan fingerprint density at radius 3 is 2.63 bits per heavy atom. The molecule has 0 atom stereocenters. The Labute approximate surface area is 112 Å². The average Bonchev–Trinajstić information content (AvgIpc) is 3.08. The van der Waals surface area contributed by atoms with Crippen LogP contribution in [0, 0.1) is 0 Å². The van der Waals surface area contributed by atoms with Gasteiger partial charge in [0.05, 0.1) is 0 Å². The molecular weight excluding hydrogens is 246 g/mol. The molecule has 104 valence electrons. The first-order chi connectivity index (χ1) is 8.90. The average molecular weight is 265 g/mol. The Balaban J connectivity index is 2.21. The van der Waals surface area contributed by atoms with Gasteiger partial charge < -0.3 is 10.0 Å². The van der Waals surface area contributed by atoms with E-state index in [9.17, 15) is 9.59 Å². The van der Waals surface area contributed by atoms with Crippen molar-refractivity contribution in [3.05, 3.63) is 17.5 Å². The zero-order valence-electron chi connectivity index (χ0n) is 11.5. The lowest BCUT2D eigenvalue weighted by molar-refractivity contribution is -0.138. The lowest BCUT2D eigenvalue weighted by atomic mass is 10.2. The van der Waals surface area contributed by atoms with Crippen LogP contribution < -0.4 is 0 Å². The number of amides is 1. The van der Waals surface area contributed by atoms with Crippen molar-refractivity contribution in [2.24, 2.45) is 7.05 Å². The van der Waals surface area contributed by atoms with Crippen LogP contribution in [0.5, 0.6) is 0 Å². The number of aromatic nitrogens is 2. The summed E-state index contributed by atoms with van der Waals surface area (Å²) in [5.74, 6) is -0.827. The van der Waals surface area contributed by atoms with Gasteiger partial charge in [-0.25, -0.2) is 0 Å². The molecule has 1 aliphatic carbocycles. The fourth-order valence-electron chi connectivity index (χ4n) is 2.13. The molecule has 0 aliphatic heterocycles. The van der Waals surface area contributed by atoms with Crippen molar-refractivity contribution in [2.45, 2.75) is 38.6 Å². The van der Waals surface area contributed by atoms with Crippen LogP contribution in [-0.2, 0) is 11.8 Å². The van der Waals surface area contributed by atoms with E-state index in [-0.39, 0.29) is 18.5 Å². The van der Waals surface area contributed by atoms with Gasteiger partial charge in [-0.2, -0.15) is 5.10 Å². The van der Waals surface area contributed by atoms with Crippen molar-refractivity contribution in [2.75, 3.05) is 6.54 Å². The molecular formula is C13H19N3O3. The number of carbonyl (C=O) groups excluding carboxylic acids is 1. The van der Waals surface area contributed by atoms with Crippen molar-refractivity contribution in [3.63, 3.8) is 0 Å². The van der Waals surface area contributed by atoms with Gasteiger partial charge in [0, 0.05) is 24.7 Å². The van der Waals surface area contributed by atoms with Gasteiger partial charge in [0.15, 0.2) is 5.69 Å². The summed E-state index contributed by atoms with van der Waals surface area (Å²) >= 11 is 0. The standard InChI is InChI=1S/C13H19N3O3/c1-8(2)16(7-12(17)18)13(19)10-6-11(9-4-5-9)15(3)14-10/h6,8-9H,4-5,7H2,1-3H3,(H,17,18). The summed E-state index contributed by atoms with van der Waals surface area (Å²) < 4.78 is 1.73. The summed E-state index contributed by atoms with van der Waals surface area (Å²) in [6.45, 7) is 3.29. The van der Waals surface area contributed by atoms with Crippen LogP contribution in [0.4, 0.5) is 0 Å². The van der Waals surface area contributed by atoms with Gasteiger partial charge in [-0.15, -0.1) is 0 Å². The second-order valence-electron chi connectivity index (χ2n) is 5.27. The second kappa shape index (κ2) is 5.03. The van der Waals surface area contributed by atoms with E-state index in [0.29, 0.717) is 11.6 Å². The van der Waals surface area contributed by atoms with Gasteiger partial charge in [-0.1, -0.05) is 0 Å². The van der Waals surface area contributed by atoms with E-state index in [4.69, 9.17) is 5.11 Å². The molecule has 1 aromatic rings. The molecule has 2 rings (SSSR count). The lowest BCUT2D eigenvalue weighted by Gasteiger charge is -2.23. The van der Waals surface area contributed by atoms with Gasteiger partial charge in [0.25, 0.3) is 5.91 Å². The Morgan fingerprint density at radius 1 is 1.53 bits per heavy atom. The summed E-state index contributed by atoms with van der Waals surface area (Å²) in [5, 5.41) is 13.1. The quantitative estimate of drug-likeness (QED) is 0.869. The van der Waals surface area contributed by atoms with E-state index >= 15 is 0 Å². The van der Waals surface area contributed by atoms with Crippen molar-refractivity contribution in [1.82, 2.24) is 14.7 Å². The van der Waals surface area contributed by atoms with Crippen LogP contribution in [0.15, 0.2) is 6.07 Å². The van der Waals surface area contributed by atoms with Crippen LogP contribution >= 0.6 is 0 Å². The molecule has 19 heavy (non-hydrogen) atoms. The molecule has 1 N–H and O–H groups in total. The fraction of sp³-hybridized carbons (Fsp3) is 0.615. The number of aryl methyl sites for hydroxylation is 1. The number of nitrogens with zero attached hydrogens (tertiary/aromatic N) is 3. The van der Waals surface area contributed by atoms with Crippen LogP contribution in [0.2, 0.25) is 0 Å². The van der Waals surface area contributed by atoms with E-state index < -0.39 is 5.97 Å².